The highest BCUT2D eigenvalue weighted by molar-refractivity contribution is 5.68. The molecule has 1 saturated heterocycles. The number of hydrogen-bond acceptors (Lipinski definition) is 3. The first-order valence-electron chi connectivity index (χ1n) is 7.19. The third-order valence-corrected chi connectivity index (χ3v) is 4.52. The molecule has 0 aromatic heterocycles. The molecule has 2 fully saturated rings. The second-order valence-electron chi connectivity index (χ2n) is 6.22. The van der Waals surface area contributed by atoms with Gasteiger partial charge in [0.15, 0.2) is 0 Å². The first-order valence-corrected chi connectivity index (χ1v) is 7.19. The number of likely N-dealkylation sites (N-methyl/N-ethyl adjacent to an activating group) is 1. The molecule has 1 aliphatic carbocycles. The van der Waals surface area contributed by atoms with Crippen LogP contribution in [0.4, 0.5) is 0 Å². The highest BCUT2D eigenvalue weighted by Gasteiger charge is 2.46. The Morgan fingerprint density at radius 3 is 2.67 bits per heavy atom. The van der Waals surface area contributed by atoms with E-state index in [0.717, 1.165) is 38.9 Å². The van der Waals surface area contributed by atoms with Crippen molar-refractivity contribution in [2.45, 2.75) is 45.1 Å². The molecule has 1 N–H and O–H groups in total. The molecule has 4 heteroatoms. The lowest BCUT2D eigenvalue weighted by atomic mass is 10.00. The van der Waals surface area contributed by atoms with E-state index in [1.165, 1.54) is 13.0 Å². The zero-order valence-corrected chi connectivity index (χ0v) is 11.7. The van der Waals surface area contributed by atoms with E-state index in [0.29, 0.717) is 12.5 Å². The standard InChI is InChI=1S/C14H26N2O2/c1-3-12-10-15(2)7-4-8-16(12)11-14(5-6-14)9-13(17)18/h12H,3-11H2,1-2H3,(H,17,18). The van der Waals surface area contributed by atoms with Crippen LogP contribution in [0.25, 0.3) is 0 Å². The number of carbonyl (C=O) groups is 1. The smallest absolute Gasteiger partial charge is 0.303 e. The van der Waals surface area contributed by atoms with E-state index < -0.39 is 5.97 Å². The average Bonchev–Trinajstić information content (AvgIpc) is 3.05. The number of hydrogen-bond donors (Lipinski definition) is 1. The van der Waals surface area contributed by atoms with Crippen molar-refractivity contribution in [2.24, 2.45) is 5.41 Å². The van der Waals surface area contributed by atoms with E-state index in [1.807, 2.05) is 0 Å². The van der Waals surface area contributed by atoms with Gasteiger partial charge in [0.1, 0.15) is 0 Å². The molecule has 0 aromatic rings. The van der Waals surface area contributed by atoms with Crippen LogP contribution in [-0.4, -0.2) is 60.1 Å². The van der Waals surface area contributed by atoms with Crippen molar-refractivity contribution >= 4 is 5.97 Å². The molecule has 2 aliphatic rings. The molecule has 0 radical (unpaired) electrons. The largest absolute Gasteiger partial charge is 0.481 e. The second kappa shape index (κ2) is 5.57. The molecule has 1 aliphatic heterocycles. The van der Waals surface area contributed by atoms with Gasteiger partial charge in [-0.1, -0.05) is 6.92 Å². The molecule has 1 saturated carbocycles. The molecule has 1 unspecified atom stereocenters. The van der Waals surface area contributed by atoms with Crippen molar-refractivity contribution in [1.29, 1.82) is 0 Å². The van der Waals surface area contributed by atoms with Gasteiger partial charge in [0.05, 0.1) is 6.42 Å². The van der Waals surface area contributed by atoms with Gasteiger partial charge >= 0.3 is 5.97 Å². The number of carboxylic acid groups (broad SMARTS) is 1. The van der Waals surface area contributed by atoms with E-state index >= 15 is 0 Å². The Hall–Kier alpha value is -0.610. The summed E-state index contributed by atoms with van der Waals surface area (Å²) in [5.74, 6) is -0.632. The van der Waals surface area contributed by atoms with E-state index in [9.17, 15) is 4.79 Å². The highest BCUT2D eigenvalue weighted by atomic mass is 16.4. The summed E-state index contributed by atoms with van der Waals surface area (Å²) in [4.78, 5) is 15.9. The van der Waals surface area contributed by atoms with Crippen LogP contribution in [0, 0.1) is 5.41 Å². The first kappa shape index (κ1) is 13.8. The fourth-order valence-corrected chi connectivity index (χ4v) is 3.21. The van der Waals surface area contributed by atoms with Crippen LogP contribution < -0.4 is 0 Å². The first-order chi connectivity index (χ1) is 8.54. The Kier molecular flexibility index (Phi) is 4.28. The zero-order chi connectivity index (χ0) is 13.2. The quantitative estimate of drug-likeness (QED) is 0.810. The normalized spacial score (nSPS) is 28.9. The molecule has 18 heavy (non-hydrogen) atoms. The monoisotopic (exact) mass is 254 g/mol. The Labute approximate surface area is 110 Å². The minimum atomic E-state index is -0.632. The molecule has 2 rings (SSSR count). The third-order valence-electron chi connectivity index (χ3n) is 4.52. The zero-order valence-electron chi connectivity index (χ0n) is 11.7. The summed E-state index contributed by atoms with van der Waals surface area (Å²) in [6, 6.07) is 0.601. The Balaban J connectivity index is 1.95. The molecule has 0 amide bonds. The summed E-state index contributed by atoms with van der Waals surface area (Å²) in [5, 5.41) is 9.01. The molecule has 1 atom stereocenters. The summed E-state index contributed by atoms with van der Waals surface area (Å²) in [7, 11) is 2.19. The lowest BCUT2D eigenvalue weighted by molar-refractivity contribution is -0.138. The van der Waals surface area contributed by atoms with Crippen molar-refractivity contribution in [1.82, 2.24) is 9.80 Å². The number of nitrogens with zero attached hydrogens (tertiary/aromatic N) is 2. The van der Waals surface area contributed by atoms with Gasteiger partial charge in [0.2, 0.25) is 0 Å². The highest BCUT2D eigenvalue weighted by Crippen LogP contribution is 2.49. The maximum absolute atomic E-state index is 10.9. The predicted octanol–water partition coefficient (Wildman–Crippen LogP) is 1.66. The van der Waals surface area contributed by atoms with Crippen molar-refractivity contribution in [3.8, 4) is 0 Å². The minimum Gasteiger partial charge on any atom is -0.481 e. The van der Waals surface area contributed by atoms with Crippen molar-refractivity contribution in [3.05, 3.63) is 0 Å². The number of rotatable bonds is 5. The maximum Gasteiger partial charge on any atom is 0.303 e. The van der Waals surface area contributed by atoms with Crippen LogP contribution in [0.15, 0.2) is 0 Å². The van der Waals surface area contributed by atoms with Crippen LogP contribution in [0.1, 0.15) is 39.0 Å². The van der Waals surface area contributed by atoms with E-state index in [-0.39, 0.29) is 5.41 Å². The van der Waals surface area contributed by atoms with Crippen molar-refractivity contribution < 1.29 is 9.90 Å². The Morgan fingerprint density at radius 1 is 1.39 bits per heavy atom. The van der Waals surface area contributed by atoms with Crippen LogP contribution in [0.3, 0.4) is 0 Å². The third kappa shape index (κ3) is 3.45. The fraction of sp³-hybridized carbons (Fsp3) is 0.929. The summed E-state index contributed by atoms with van der Waals surface area (Å²) in [6.07, 6.45) is 4.92. The Bertz CT molecular complexity index is 302. The van der Waals surface area contributed by atoms with Crippen LogP contribution in [0.5, 0.6) is 0 Å². The van der Waals surface area contributed by atoms with Crippen molar-refractivity contribution in [3.63, 3.8) is 0 Å². The van der Waals surface area contributed by atoms with Crippen LogP contribution in [0.2, 0.25) is 0 Å². The van der Waals surface area contributed by atoms with Crippen LogP contribution >= 0.6 is 0 Å². The molecular formula is C14H26N2O2. The molecular weight excluding hydrogens is 228 g/mol. The van der Waals surface area contributed by atoms with Gasteiger partial charge in [-0.15, -0.1) is 0 Å². The van der Waals surface area contributed by atoms with Gasteiger partial charge in [0, 0.05) is 19.1 Å². The van der Waals surface area contributed by atoms with Gasteiger partial charge in [0.25, 0.3) is 0 Å². The summed E-state index contributed by atoms with van der Waals surface area (Å²) in [5.41, 5.74) is 0.0994. The molecule has 4 nitrogen and oxygen atoms in total. The molecule has 0 bridgehead atoms. The maximum atomic E-state index is 10.9. The van der Waals surface area contributed by atoms with Gasteiger partial charge < -0.3 is 10.0 Å². The lowest BCUT2D eigenvalue weighted by Crippen LogP contribution is -2.43. The van der Waals surface area contributed by atoms with Gasteiger partial charge in [-0.25, -0.2) is 0 Å². The van der Waals surface area contributed by atoms with Gasteiger partial charge in [-0.3, -0.25) is 9.69 Å². The lowest BCUT2D eigenvalue weighted by Gasteiger charge is -2.33. The number of carboxylic acids is 1. The van der Waals surface area contributed by atoms with E-state index in [2.05, 4.69) is 23.8 Å². The molecule has 0 spiro atoms. The number of aliphatic carboxylic acids is 1. The topological polar surface area (TPSA) is 43.8 Å². The second-order valence-corrected chi connectivity index (χ2v) is 6.22. The van der Waals surface area contributed by atoms with E-state index in [1.54, 1.807) is 0 Å². The summed E-state index contributed by atoms with van der Waals surface area (Å²) in [6.45, 7) is 6.65. The molecule has 0 aromatic carbocycles. The average molecular weight is 254 g/mol. The SMILES string of the molecule is CCC1CN(C)CCCN1CC1(CC(=O)O)CC1. The molecule has 1 heterocycles. The fourth-order valence-electron chi connectivity index (χ4n) is 3.21. The van der Waals surface area contributed by atoms with Gasteiger partial charge in [-0.2, -0.15) is 0 Å². The summed E-state index contributed by atoms with van der Waals surface area (Å²) >= 11 is 0. The summed E-state index contributed by atoms with van der Waals surface area (Å²) < 4.78 is 0. The Morgan fingerprint density at radius 2 is 2.11 bits per heavy atom. The van der Waals surface area contributed by atoms with Gasteiger partial charge in [-0.05, 0) is 51.2 Å². The van der Waals surface area contributed by atoms with Crippen LogP contribution in [-0.2, 0) is 4.79 Å². The van der Waals surface area contributed by atoms with Crippen molar-refractivity contribution in [2.75, 3.05) is 33.2 Å². The van der Waals surface area contributed by atoms with E-state index in [4.69, 9.17) is 5.11 Å². The predicted molar refractivity (Wildman–Crippen MR) is 71.7 cm³/mol. The minimum absolute atomic E-state index is 0.0994. The molecule has 104 valence electrons.